The number of nitrogens with zero attached hydrogens (tertiary/aromatic N) is 4. The number of benzene rings is 4. The van der Waals surface area contributed by atoms with Crippen LogP contribution in [0, 0.1) is 21.4 Å². The van der Waals surface area contributed by atoms with Crippen molar-refractivity contribution in [2.75, 3.05) is 13.1 Å². The Morgan fingerprint density at radius 1 is 0.580 bits per heavy atom. The molecule has 5 rings (SSSR count). The van der Waals surface area contributed by atoms with Gasteiger partial charge in [-0.1, -0.05) is 95.3 Å². The highest BCUT2D eigenvalue weighted by Crippen LogP contribution is 2.31. The molecular weight excluding hydrogens is 642 g/mol. The fraction of sp³-hybridized carbons (Fsp3) is 0.359. The Hall–Kier alpha value is -4.87. The highest BCUT2D eigenvalue weighted by molar-refractivity contribution is 5.76. The van der Waals surface area contributed by atoms with Gasteiger partial charge in [-0.25, -0.2) is 13.6 Å². The number of carbonyl (C=O) groups is 1. The summed E-state index contributed by atoms with van der Waals surface area (Å²) in [6.45, 7) is 0.298. The zero-order valence-electron chi connectivity index (χ0n) is 27.7. The molecule has 4 aromatic rings. The van der Waals surface area contributed by atoms with Gasteiger partial charge in [0.1, 0.15) is 35.9 Å². The molecule has 0 saturated carbocycles. The molecule has 0 aliphatic carbocycles. The summed E-state index contributed by atoms with van der Waals surface area (Å²) in [5, 5.41) is 30.2. The number of aliphatic hydroxyl groups is 2. The highest BCUT2D eigenvalue weighted by Gasteiger charge is 2.46. The maximum atomic E-state index is 14.7. The lowest BCUT2D eigenvalue weighted by Crippen LogP contribution is -2.51. The van der Waals surface area contributed by atoms with E-state index in [-0.39, 0.29) is 38.8 Å². The summed E-state index contributed by atoms with van der Waals surface area (Å²) in [5.74, 6) is -0.856. The van der Waals surface area contributed by atoms with Gasteiger partial charge in [0.15, 0.2) is 0 Å². The summed E-state index contributed by atoms with van der Waals surface area (Å²) in [4.78, 5) is 41.5. The summed E-state index contributed by atoms with van der Waals surface area (Å²) >= 11 is 0. The lowest BCUT2D eigenvalue weighted by Gasteiger charge is -2.36. The van der Waals surface area contributed by atoms with E-state index in [1.54, 1.807) is 9.80 Å². The second-order valence-corrected chi connectivity index (χ2v) is 12.8. The van der Waals surface area contributed by atoms with Crippen LogP contribution in [0.1, 0.15) is 60.0 Å². The first-order chi connectivity index (χ1) is 24.3. The number of hydrogen-bond acceptors (Lipinski definition) is 7. The summed E-state index contributed by atoms with van der Waals surface area (Å²) in [7, 11) is 0. The fourth-order valence-corrected chi connectivity index (χ4v) is 6.81. The molecule has 6 atom stereocenters. The molecule has 0 radical (unpaired) electrons. The maximum absolute atomic E-state index is 14.7. The molecule has 50 heavy (non-hydrogen) atoms. The van der Waals surface area contributed by atoms with Crippen molar-refractivity contribution in [2.45, 2.75) is 74.9 Å². The Morgan fingerprint density at radius 3 is 1.28 bits per heavy atom. The number of aliphatic hydroxyl groups excluding tert-OH is 2. The van der Waals surface area contributed by atoms with Crippen molar-refractivity contribution in [1.82, 2.24) is 9.80 Å². The Labute approximate surface area is 290 Å². The van der Waals surface area contributed by atoms with Gasteiger partial charge in [-0.3, -0.25) is 0 Å². The second-order valence-electron chi connectivity index (χ2n) is 12.8. The van der Waals surface area contributed by atoms with E-state index in [1.807, 2.05) is 60.7 Å². The average molecular weight is 685 g/mol. The molecule has 2 unspecified atom stereocenters. The van der Waals surface area contributed by atoms with Crippen molar-refractivity contribution < 1.29 is 23.8 Å². The predicted octanol–water partition coefficient (Wildman–Crippen LogP) is 7.52. The smallest absolute Gasteiger partial charge is 0.320 e. The van der Waals surface area contributed by atoms with Gasteiger partial charge >= 0.3 is 6.03 Å². The molecular formula is C39H42F2N4O5. The molecule has 1 fully saturated rings. The van der Waals surface area contributed by atoms with E-state index in [1.165, 1.54) is 48.5 Å². The number of rotatable bonds is 16. The Balaban J connectivity index is 1.43. The molecule has 11 heteroatoms. The zero-order valence-corrected chi connectivity index (χ0v) is 27.7. The zero-order chi connectivity index (χ0) is 35.5. The fourth-order valence-electron chi connectivity index (χ4n) is 6.81. The Kier molecular flexibility index (Phi) is 12.9. The van der Waals surface area contributed by atoms with E-state index in [9.17, 15) is 33.6 Å². The Bertz CT molecular complexity index is 1540. The number of amides is 2. The van der Waals surface area contributed by atoms with Gasteiger partial charge in [-0.15, -0.1) is 0 Å². The largest absolute Gasteiger partial charge is 0.388 e. The molecule has 2 N–H and O–H groups in total. The normalized spacial score (nSPS) is 20.6. The van der Waals surface area contributed by atoms with Crippen molar-refractivity contribution in [1.29, 1.82) is 0 Å². The maximum Gasteiger partial charge on any atom is 0.320 e. The molecule has 1 aliphatic rings. The van der Waals surface area contributed by atoms with Gasteiger partial charge in [-0.05, 0) is 85.0 Å². The monoisotopic (exact) mass is 684 g/mol. The molecule has 4 aromatic carbocycles. The van der Waals surface area contributed by atoms with Gasteiger partial charge < -0.3 is 20.0 Å². The van der Waals surface area contributed by atoms with Gasteiger partial charge in [-0.2, -0.15) is 9.81 Å². The van der Waals surface area contributed by atoms with Crippen molar-refractivity contribution in [3.63, 3.8) is 0 Å². The van der Waals surface area contributed by atoms with Crippen molar-refractivity contribution in [3.05, 3.63) is 153 Å². The lowest BCUT2D eigenvalue weighted by molar-refractivity contribution is -0.0397. The SMILES string of the molecule is O=NC(CCCN1C(=O)N(CCCC(N=O)c2ccc(F)cc2)[C@H](Cc2ccccc2)[C@H](O)[C@@H](O)[C@H]1Cc1ccccc1)c1ccc(F)cc1. The van der Waals surface area contributed by atoms with E-state index >= 15 is 0 Å². The van der Waals surface area contributed by atoms with Crippen LogP contribution in [0.3, 0.4) is 0 Å². The minimum Gasteiger partial charge on any atom is -0.388 e. The topological polar surface area (TPSA) is 123 Å². The molecule has 2 amide bonds. The summed E-state index contributed by atoms with van der Waals surface area (Å²) < 4.78 is 27.1. The third-order valence-corrected chi connectivity index (χ3v) is 9.52. The number of halogens is 2. The summed E-state index contributed by atoms with van der Waals surface area (Å²) in [6, 6.07) is 26.4. The van der Waals surface area contributed by atoms with Crippen LogP contribution in [0.25, 0.3) is 0 Å². The van der Waals surface area contributed by atoms with Crippen LogP contribution in [0.2, 0.25) is 0 Å². The van der Waals surface area contributed by atoms with Crippen LogP contribution in [0.4, 0.5) is 13.6 Å². The van der Waals surface area contributed by atoms with E-state index in [2.05, 4.69) is 10.4 Å². The standard InChI is InChI=1S/C39H42F2N4O5/c40-31-19-15-29(16-20-31)33(42-49)13-7-23-44-35(25-27-9-3-1-4-10-27)37(46)38(47)36(26-28-11-5-2-6-12-28)45(39(44)48)24-8-14-34(43-50)30-17-21-32(41)22-18-30/h1-6,9-12,15-22,33-38,46-47H,7-8,13-14,23-26H2/t33?,34?,35-,36-,37+,38+/m1/s1. The first-order valence-corrected chi connectivity index (χ1v) is 17.0. The first kappa shape index (κ1) is 36.4. The van der Waals surface area contributed by atoms with E-state index in [0.29, 0.717) is 24.0 Å². The second kappa shape index (κ2) is 17.7. The van der Waals surface area contributed by atoms with Gasteiger partial charge in [0, 0.05) is 13.1 Å². The summed E-state index contributed by atoms with van der Waals surface area (Å²) in [5.41, 5.74) is 2.85. The minimum absolute atomic E-state index is 0.149. The van der Waals surface area contributed by atoms with Crippen molar-refractivity contribution in [2.24, 2.45) is 10.4 Å². The van der Waals surface area contributed by atoms with E-state index in [4.69, 9.17) is 0 Å². The number of urea groups is 1. The van der Waals surface area contributed by atoms with Crippen LogP contribution in [0.15, 0.2) is 120 Å². The third kappa shape index (κ3) is 9.22. The van der Waals surface area contributed by atoms with Crippen LogP contribution in [-0.4, -0.2) is 63.4 Å². The average Bonchev–Trinajstić information content (AvgIpc) is 3.20. The van der Waals surface area contributed by atoms with Crippen LogP contribution in [-0.2, 0) is 12.8 Å². The molecule has 0 bridgehead atoms. The van der Waals surface area contributed by atoms with E-state index in [0.717, 1.165) is 11.1 Å². The third-order valence-electron chi connectivity index (χ3n) is 9.52. The van der Waals surface area contributed by atoms with Gasteiger partial charge in [0.25, 0.3) is 0 Å². The first-order valence-electron chi connectivity index (χ1n) is 17.0. The number of hydrogen-bond donors (Lipinski definition) is 2. The number of nitroso groups, excluding NO2 is 2. The molecule has 262 valence electrons. The predicted molar refractivity (Wildman–Crippen MR) is 187 cm³/mol. The minimum atomic E-state index is -1.32. The highest BCUT2D eigenvalue weighted by atomic mass is 19.1. The van der Waals surface area contributed by atoms with Gasteiger partial charge in [0.05, 0.1) is 12.1 Å². The van der Waals surface area contributed by atoms with E-state index < -0.39 is 54.0 Å². The molecule has 9 nitrogen and oxygen atoms in total. The van der Waals surface area contributed by atoms with Crippen LogP contribution < -0.4 is 0 Å². The van der Waals surface area contributed by atoms with Crippen LogP contribution >= 0.6 is 0 Å². The summed E-state index contributed by atoms with van der Waals surface area (Å²) in [6.07, 6.45) is -0.880. The van der Waals surface area contributed by atoms with Gasteiger partial charge in [0.2, 0.25) is 0 Å². The molecule has 0 spiro atoms. The molecule has 1 saturated heterocycles. The quantitative estimate of drug-likeness (QED) is 0.118. The molecule has 0 aromatic heterocycles. The molecule has 1 aliphatic heterocycles. The van der Waals surface area contributed by atoms with Crippen molar-refractivity contribution >= 4 is 6.03 Å². The number of carbonyl (C=O) groups excluding carboxylic acids is 1. The molecule has 1 heterocycles. The van der Waals surface area contributed by atoms with Crippen LogP contribution in [0.5, 0.6) is 0 Å². The Morgan fingerprint density at radius 2 is 0.940 bits per heavy atom. The van der Waals surface area contributed by atoms with Crippen molar-refractivity contribution in [3.8, 4) is 0 Å². The lowest BCUT2D eigenvalue weighted by atomic mass is 9.91.